The van der Waals surface area contributed by atoms with Crippen molar-refractivity contribution in [2.75, 3.05) is 7.05 Å². The number of carbonyl (C=O) groups excluding carboxylic acids is 1. The first-order valence-corrected chi connectivity index (χ1v) is 21.4. The minimum Gasteiger partial charge on any atom is -0.523 e. The van der Waals surface area contributed by atoms with Gasteiger partial charge in [-0.05, 0) is 69.6 Å². The number of aromatic nitrogens is 4. The number of Topliss-reactive ketones (excluding diaryl/α,β-unsaturated/α-hetero) is 1. The topological polar surface area (TPSA) is 114 Å². The molecule has 0 unspecified atom stereocenters. The summed E-state index contributed by atoms with van der Waals surface area (Å²) < 4.78 is 9.78. The molecule has 2 aromatic heterocycles. The van der Waals surface area contributed by atoms with E-state index in [1.807, 2.05) is 41.7 Å². The summed E-state index contributed by atoms with van der Waals surface area (Å²) in [6.07, 6.45) is 14.9. The largest absolute Gasteiger partial charge is 0.523 e. The molecule has 4 aromatic rings. The molecule has 0 amide bonds. The fourth-order valence-electron chi connectivity index (χ4n) is 13.0. The van der Waals surface area contributed by atoms with Crippen LogP contribution in [0.15, 0.2) is 83.9 Å². The van der Waals surface area contributed by atoms with Crippen molar-refractivity contribution in [2.24, 2.45) is 36.8 Å². The molecule has 2 spiro atoms. The summed E-state index contributed by atoms with van der Waals surface area (Å²) in [5.41, 5.74) is 11.2. The second-order valence-electron chi connectivity index (χ2n) is 18.2. The lowest BCUT2D eigenvalue weighted by atomic mass is 9.51. The summed E-state index contributed by atoms with van der Waals surface area (Å²) in [5.74, 6) is 1.11. The Hall–Kier alpha value is -5.29. The first kappa shape index (κ1) is 41.4. The second-order valence-corrected chi connectivity index (χ2v) is 18.2. The Bertz CT molecular complexity index is 2410. The molecule has 3 N–H and O–H groups in total. The molecule has 2 heterocycles. The van der Waals surface area contributed by atoms with Crippen molar-refractivity contribution in [2.45, 2.75) is 116 Å². The lowest BCUT2D eigenvalue weighted by Gasteiger charge is -2.53. The molecule has 10 nitrogen and oxygen atoms in total. The standard InChI is InChI=1S/C24H27N3O.C24H25N3O.CH5NO.CH4/c2*1-23-15-18(25-2)22(28)24(13-7-8-14-24)19(23)12-11-17-20(27(3)26-21(17)23)16-9-5-4-6-10-16;1-2-3;/h4-6,9-10,19,28H,7-8,11-15H2,1,3H3;4-6,9-10,15,19H,7-8,11-14H2,1,3H3;2-3H,1H3;1H4/t2*19-,23+;;/m11../s1/i;;;1T. The monoisotopic (exact) mass is 809 g/mol. The number of nitrogens with one attached hydrogen (secondary N) is 1. The zero-order chi connectivity index (χ0) is 43.7. The van der Waals surface area contributed by atoms with Crippen LogP contribution in [0.1, 0.15) is 116 Å². The Morgan fingerprint density at radius 2 is 1.25 bits per heavy atom. The molecule has 0 radical (unpaired) electrons. The minimum absolute atomic E-state index is 0.102. The van der Waals surface area contributed by atoms with Crippen LogP contribution in [0.4, 0.5) is 0 Å². The Kier molecular flexibility index (Phi) is 11.3. The number of benzene rings is 2. The Labute approximate surface area is 357 Å². The molecule has 2 aromatic carbocycles. The van der Waals surface area contributed by atoms with Crippen LogP contribution >= 0.6 is 0 Å². The lowest BCUT2D eigenvalue weighted by Crippen LogP contribution is -2.52. The molecule has 6 aliphatic carbocycles. The number of aliphatic hydroxyl groups excluding tert-OH is 1. The van der Waals surface area contributed by atoms with Gasteiger partial charge in [-0.2, -0.15) is 10.2 Å². The number of fused-ring (bicyclic) bond motifs is 8. The third kappa shape index (κ3) is 6.37. The summed E-state index contributed by atoms with van der Waals surface area (Å²) >= 11 is 0. The van der Waals surface area contributed by atoms with Crippen molar-refractivity contribution in [1.82, 2.24) is 25.0 Å². The average molecular weight is 810 g/mol. The number of aliphatic hydroxyl groups is 1. The first-order valence-electron chi connectivity index (χ1n) is 22.4. The van der Waals surface area contributed by atoms with E-state index in [1.54, 1.807) is 5.48 Å². The van der Waals surface area contributed by atoms with Gasteiger partial charge in [-0.1, -0.05) is 114 Å². The van der Waals surface area contributed by atoms with Gasteiger partial charge in [0.1, 0.15) is 5.76 Å². The van der Waals surface area contributed by atoms with Crippen molar-refractivity contribution in [1.29, 1.82) is 0 Å². The Morgan fingerprint density at radius 1 is 0.783 bits per heavy atom. The van der Waals surface area contributed by atoms with Crippen molar-refractivity contribution < 1.29 is 16.5 Å². The second kappa shape index (κ2) is 16.3. The van der Waals surface area contributed by atoms with Crippen LogP contribution in [0.3, 0.4) is 0 Å². The number of carbonyl (C=O) groups is 1. The molecule has 2 fully saturated rings. The van der Waals surface area contributed by atoms with Crippen molar-refractivity contribution in [3.05, 3.63) is 129 Å². The molecular weight excluding hydrogens is 747 g/mol. The normalized spacial score (nSPS) is 26.5. The van der Waals surface area contributed by atoms with Gasteiger partial charge in [0, 0.05) is 66.4 Å². The maximum absolute atomic E-state index is 13.3. The summed E-state index contributed by atoms with van der Waals surface area (Å²) in [5, 5.41) is 28.4. The predicted molar refractivity (Wildman–Crippen MR) is 236 cm³/mol. The highest BCUT2D eigenvalue weighted by atomic mass is 16.5. The summed E-state index contributed by atoms with van der Waals surface area (Å²) in [6.45, 7) is 19.9. The van der Waals surface area contributed by atoms with Crippen LogP contribution in [-0.4, -0.2) is 42.7 Å². The highest BCUT2D eigenvalue weighted by molar-refractivity contribution is 6.03. The average Bonchev–Trinajstić information content (AvgIpc) is 4.10. The number of hydrogen-bond donors (Lipinski definition) is 3. The molecule has 60 heavy (non-hydrogen) atoms. The molecule has 6 aliphatic rings. The number of hydrogen-bond acceptors (Lipinski definition) is 6. The summed E-state index contributed by atoms with van der Waals surface area (Å²) in [6, 6.07) is 20.9. The highest BCUT2D eigenvalue weighted by Gasteiger charge is 2.61. The third-order valence-electron chi connectivity index (χ3n) is 15.3. The zero-order valence-corrected chi connectivity index (χ0v) is 36.2. The predicted octanol–water partition coefficient (Wildman–Crippen LogP) is 10.6. The van der Waals surface area contributed by atoms with Crippen LogP contribution in [0.25, 0.3) is 32.2 Å². The number of nitrogens with zero attached hydrogens (tertiary/aromatic N) is 6. The SMILES string of the molecule is CNO.[3H]C.[C-]#[N+]C1=C(O)C2(CCCC2)[C@@H]2CCc3c(nn(C)c3-c3ccccc3)[C@@]2(C)C1.[C-]#[N+]C1=C[C@]2(C)c3nn(C)c(-c4ccccc4)c3CC[C@H]2C2(CCCC2)C1=O. The Balaban J connectivity index is 0.000000167. The number of rotatable bonds is 2. The van der Waals surface area contributed by atoms with E-state index in [4.69, 9.17) is 29.9 Å². The van der Waals surface area contributed by atoms with Crippen LogP contribution in [0.5, 0.6) is 0 Å². The van der Waals surface area contributed by atoms with Crippen molar-refractivity contribution >= 4 is 5.78 Å². The fourth-order valence-corrected chi connectivity index (χ4v) is 13.0. The third-order valence-corrected chi connectivity index (χ3v) is 15.3. The van der Waals surface area contributed by atoms with E-state index in [2.05, 4.69) is 72.1 Å². The van der Waals surface area contributed by atoms with Gasteiger partial charge in [0.2, 0.25) is 11.4 Å². The smallest absolute Gasteiger partial charge is 0.226 e. The molecule has 0 saturated heterocycles. The van der Waals surface area contributed by atoms with Gasteiger partial charge >= 0.3 is 0 Å². The minimum atomic E-state index is -0.356. The summed E-state index contributed by atoms with van der Waals surface area (Å²) in [4.78, 5) is 20.7. The maximum Gasteiger partial charge on any atom is 0.226 e. The van der Waals surface area contributed by atoms with Crippen LogP contribution in [0, 0.1) is 35.8 Å². The first-order chi connectivity index (χ1) is 29.4. The zero-order valence-electron chi connectivity index (χ0n) is 37.2. The van der Waals surface area contributed by atoms with Gasteiger partial charge in [-0.3, -0.25) is 9.36 Å². The molecule has 0 bridgehead atoms. The lowest BCUT2D eigenvalue weighted by molar-refractivity contribution is -0.130. The van der Waals surface area contributed by atoms with Crippen LogP contribution in [0.2, 0.25) is 0 Å². The molecular formula is C50H61N7O3. The van der Waals surface area contributed by atoms with E-state index in [-0.39, 0.29) is 33.4 Å². The number of aryl methyl sites for hydroxylation is 2. The summed E-state index contributed by atoms with van der Waals surface area (Å²) in [7, 11) is 6.73. The molecule has 2 saturated carbocycles. The van der Waals surface area contributed by atoms with Gasteiger partial charge in [-0.15, -0.1) is 0 Å². The van der Waals surface area contributed by atoms with Crippen LogP contribution in [-0.2, 0) is 42.6 Å². The van der Waals surface area contributed by atoms with E-state index in [1.165, 1.54) is 48.1 Å². The van der Waals surface area contributed by atoms with Gasteiger partial charge in [0.15, 0.2) is 5.78 Å². The van der Waals surface area contributed by atoms with E-state index in [0.29, 0.717) is 29.5 Å². The molecule has 10 rings (SSSR count). The van der Waals surface area contributed by atoms with E-state index in [9.17, 15) is 9.90 Å². The number of ketones is 1. The molecule has 10 heteroatoms. The van der Waals surface area contributed by atoms with Crippen molar-refractivity contribution in [3.8, 4) is 22.5 Å². The van der Waals surface area contributed by atoms with Gasteiger partial charge < -0.3 is 15.1 Å². The van der Waals surface area contributed by atoms with E-state index < -0.39 is 0 Å². The maximum atomic E-state index is 13.3. The fraction of sp³-hybridized carbons (Fsp3) is 0.500. The van der Waals surface area contributed by atoms with Gasteiger partial charge in [0.05, 0.1) is 35.9 Å². The molecule has 314 valence electrons. The quantitative estimate of drug-likeness (QED) is 0.137. The highest BCUT2D eigenvalue weighted by Crippen LogP contribution is 2.65. The van der Waals surface area contributed by atoms with E-state index in [0.717, 1.165) is 88.4 Å². The number of allylic oxidation sites excluding steroid dienone is 4. The van der Waals surface area contributed by atoms with Gasteiger partial charge in [0.25, 0.3) is 0 Å². The van der Waals surface area contributed by atoms with Gasteiger partial charge in [-0.25, -0.2) is 15.2 Å². The van der Waals surface area contributed by atoms with Crippen LogP contribution < -0.4 is 5.48 Å². The van der Waals surface area contributed by atoms with E-state index >= 15 is 0 Å². The Morgan fingerprint density at radius 3 is 1.75 bits per heavy atom. The molecule has 4 atom stereocenters. The van der Waals surface area contributed by atoms with Crippen molar-refractivity contribution in [3.63, 3.8) is 0 Å². The molecule has 0 aliphatic heterocycles. The number of hydroxylamine groups is 1.